The van der Waals surface area contributed by atoms with E-state index in [4.69, 9.17) is 72.7 Å². The molecule has 0 radical (unpaired) electrons. The van der Waals surface area contributed by atoms with Crippen molar-refractivity contribution in [3.8, 4) is 12.3 Å². The normalized spacial score (nSPS) is 19.0. The molecule has 2 heterocycles. The van der Waals surface area contributed by atoms with Gasteiger partial charge < -0.3 is 112 Å². The SMILES string of the molecule is C#CCOCCOCCOCCOCCC(=O)N(CCOCCNC(=O)CO[C@@H]([C@H]1OC(C(=O)O)=C[C@@H](N=C(NC(=O)OC(C)(C)C)NC(=O)OC(C)(C)C)[C@@H]1NC(C)=O)[C@H](O)CO)CCOCCOC(=O)CO[C@@H]([C@H]1OC(C(=O)O)=C[C@@H](N=C(C)NC(=O)OC(C)(C)C)[C@@H]1C)[C@H](O)CO. The number of aliphatic hydroxyl groups excluding tert-OH is 4. The molecule has 2 rings (SSSR count). The quantitative estimate of drug-likeness (QED) is 0.00875. The van der Waals surface area contributed by atoms with Gasteiger partial charge in [0.1, 0.15) is 79.6 Å². The van der Waals surface area contributed by atoms with Crippen molar-refractivity contribution in [1.29, 1.82) is 0 Å². The first-order valence-electron chi connectivity index (χ1n) is 32.0. The minimum atomic E-state index is -1.90. The van der Waals surface area contributed by atoms with Crippen molar-refractivity contribution < 1.29 is 140 Å². The smallest absolute Gasteiger partial charge is 0.414 e. The van der Waals surface area contributed by atoms with Crippen LogP contribution in [0, 0.1) is 18.3 Å². The molecule has 0 saturated heterocycles. The van der Waals surface area contributed by atoms with Gasteiger partial charge in [0.25, 0.3) is 0 Å². The maximum absolute atomic E-state index is 13.5. The van der Waals surface area contributed by atoms with Crippen LogP contribution in [-0.2, 0) is 95.1 Å². The fourth-order valence-electron chi connectivity index (χ4n) is 8.80. The van der Waals surface area contributed by atoms with E-state index in [1.165, 1.54) is 17.9 Å². The number of ether oxygens (including phenoxy) is 14. The number of carboxylic acids is 2. The Morgan fingerprint density at radius 1 is 0.600 bits per heavy atom. The Balaban J connectivity index is 2.14. The molecule has 0 saturated carbocycles. The molecule has 568 valence electrons. The molecule has 10 atom stereocenters. The molecule has 6 amide bonds. The monoisotopic (exact) mass is 1430 g/mol. The van der Waals surface area contributed by atoms with E-state index in [-0.39, 0.29) is 104 Å². The lowest BCUT2D eigenvalue weighted by molar-refractivity contribution is -0.171. The summed E-state index contributed by atoms with van der Waals surface area (Å²) in [4.78, 5) is 125. The largest absolute Gasteiger partial charge is 0.480 e. The molecular weight excluding hydrogens is 1330 g/mol. The van der Waals surface area contributed by atoms with E-state index >= 15 is 0 Å². The number of hydrogen-bond donors (Lipinski definition) is 11. The lowest BCUT2D eigenvalue weighted by Gasteiger charge is -2.40. The number of esters is 1. The number of rotatable bonds is 42. The highest BCUT2D eigenvalue weighted by Crippen LogP contribution is 2.31. The number of carbonyl (C=O) groups excluding carboxylic acids is 7. The molecule has 0 aromatic carbocycles. The second kappa shape index (κ2) is 45.8. The van der Waals surface area contributed by atoms with E-state index in [1.807, 2.05) is 0 Å². The first kappa shape index (κ1) is 88.2. The molecule has 100 heavy (non-hydrogen) atoms. The van der Waals surface area contributed by atoms with Gasteiger partial charge in [-0.05, 0) is 81.4 Å². The van der Waals surface area contributed by atoms with Crippen molar-refractivity contribution in [2.75, 3.05) is 132 Å². The third-order valence-electron chi connectivity index (χ3n) is 13.0. The molecular formula is C63H102N8O29. The number of carboxylic acid groups (broad SMARTS) is 2. The van der Waals surface area contributed by atoms with E-state index in [0.29, 0.717) is 19.8 Å². The summed E-state index contributed by atoms with van der Waals surface area (Å²) >= 11 is 0. The Bertz CT molecular complexity index is 2740. The zero-order valence-corrected chi connectivity index (χ0v) is 58.8. The summed E-state index contributed by atoms with van der Waals surface area (Å²) in [5.74, 6) is -6.37. The van der Waals surface area contributed by atoms with Crippen LogP contribution in [0.15, 0.2) is 33.7 Å². The third kappa shape index (κ3) is 37.5. The van der Waals surface area contributed by atoms with Gasteiger partial charge in [-0.2, -0.15) is 0 Å². The summed E-state index contributed by atoms with van der Waals surface area (Å²) in [7, 11) is 0. The van der Waals surface area contributed by atoms with Crippen LogP contribution in [0.2, 0.25) is 0 Å². The molecule has 0 spiro atoms. The highest BCUT2D eigenvalue weighted by atomic mass is 16.6. The summed E-state index contributed by atoms with van der Waals surface area (Å²) in [5.41, 5.74) is -2.91. The van der Waals surface area contributed by atoms with Crippen LogP contribution in [0.1, 0.15) is 89.5 Å². The first-order valence-corrected chi connectivity index (χ1v) is 32.0. The zero-order chi connectivity index (χ0) is 75.2. The number of alkyl carbamates (subject to hydrolysis) is 3. The Labute approximate surface area is 580 Å². The lowest BCUT2D eigenvalue weighted by atomic mass is 9.87. The molecule has 0 aromatic heterocycles. The zero-order valence-electron chi connectivity index (χ0n) is 58.8. The number of aliphatic hydroxyl groups is 4. The minimum absolute atomic E-state index is 0.0110. The molecule has 11 N–H and O–H groups in total. The van der Waals surface area contributed by atoms with Gasteiger partial charge in [-0.1, -0.05) is 12.8 Å². The third-order valence-corrected chi connectivity index (χ3v) is 13.0. The van der Waals surface area contributed by atoms with Crippen LogP contribution in [0.3, 0.4) is 0 Å². The Morgan fingerprint density at radius 3 is 1.55 bits per heavy atom. The van der Waals surface area contributed by atoms with Gasteiger partial charge in [-0.25, -0.2) is 33.8 Å². The molecule has 0 bridgehead atoms. The number of terminal acetylenes is 1. The number of amidine groups is 1. The summed E-state index contributed by atoms with van der Waals surface area (Å²) in [6, 6.07) is -4.02. The van der Waals surface area contributed by atoms with Gasteiger partial charge >= 0.3 is 36.2 Å². The van der Waals surface area contributed by atoms with Gasteiger partial charge in [-0.15, -0.1) is 6.42 Å². The summed E-state index contributed by atoms with van der Waals surface area (Å²) < 4.78 is 77.0. The molecule has 2 aliphatic rings. The average Bonchev–Trinajstić information content (AvgIpc) is 0.797. The van der Waals surface area contributed by atoms with E-state index in [9.17, 15) is 73.8 Å². The maximum Gasteiger partial charge on any atom is 0.414 e. The van der Waals surface area contributed by atoms with Crippen molar-refractivity contribution in [2.45, 2.75) is 161 Å². The van der Waals surface area contributed by atoms with Gasteiger partial charge in [0, 0.05) is 32.5 Å². The Kier molecular flexibility index (Phi) is 40.4. The topological polar surface area (TPSA) is 492 Å². The van der Waals surface area contributed by atoms with Gasteiger partial charge in [0.2, 0.25) is 35.2 Å². The predicted octanol–water partition coefficient (Wildman–Crippen LogP) is -0.965. The van der Waals surface area contributed by atoms with Gasteiger partial charge in [0.05, 0.1) is 110 Å². The molecule has 37 heteroatoms. The predicted molar refractivity (Wildman–Crippen MR) is 349 cm³/mol. The van der Waals surface area contributed by atoms with E-state index in [0.717, 1.165) is 13.0 Å². The van der Waals surface area contributed by atoms with Crippen molar-refractivity contribution in [3.05, 3.63) is 23.7 Å². The number of guanidine groups is 1. The Morgan fingerprint density at radius 2 is 1.05 bits per heavy atom. The van der Waals surface area contributed by atoms with Gasteiger partial charge in [-0.3, -0.25) is 35.3 Å². The molecule has 0 fully saturated rings. The average molecular weight is 1440 g/mol. The van der Waals surface area contributed by atoms with Crippen LogP contribution in [0.25, 0.3) is 0 Å². The summed E-state index contributed by atoms with van der Waals surface area (Å²) in [5, 5.41) is 74.0. The number of aliphatic imine (C=N–C) groups is 2. The highest BCUT2D eigenvalue weighted by molar-refractivity contribution is 6.01. The fraction of sp³-hybridized carbons (Fsp3) is 0.730. The Hall–Kier alpha value is -7.87. The van der Waals surface area contributed by atoms with Crippen molar-refractivity contribution in [2.24, 2.45) is 15.9 Å². The second-order valence-electron chi connectivity index (χ2n) is 25.0. The fourth-order valence-corrected chi connectivity index (χ4v) is 8.80. The van der Waals surface area contributed by atoms with Crippen molar-refractivity contribution in [3.63, 3.8) is 0 Å². The number of amides is 6. The van der Waals surface area contributed by atoms with E-state index in [1.54, 1.807) is 69.2 Å². The van der Waals surface area contributed by atoms with Crippen LogP contribution in [0.4, 0.5) is 14.4 Å². The summed E-state index contributed by atoms with van der Waals surface area (Å²) in [6.07, 6.45) is -5.73. The van der Waals surface area contributed by atoms with Crippen molar-refractivity contribution in [1.82, 2.24) is 31.5 Å². The van der Waals surface area contributed by atoms with Crippen molar-refractivity contribution >= 4 is 65.7 Å². The molecule has 0 aliphatic carbocycles. The standard InChI is InChI=1S/C63H102N8O29/c1-14-19-87-24-26-91-28-29-92-27-25-88-20-15-48(78)71(18-23-90-30-31-93-49(79)37-95-52(43(75)34-72)51-38(2)41(32-45(96-51)55(80)81)65-39(3)66-58(84)98-61(5,6)7)17-22-89-21-16-64-47(77)36-94-53(44(76)35-73)54-50(67-40(4)74)42(33-46(97-54)56(82)83)68-57(69-59(85)99-62(8,9)10)70-60(86)100-63(11,12)13/h1,32-33,38,41-44,50-54,72-73,75-76H,15-31,34-37H2,2-13H3,(H,64,77)(H,67,74)(H,80,81)(H,82,83)(H,65,66,84)(H2,68,69,70,85,86)/t38-,41+,42+,43+,44+,50-,51-,52+,53+,54-/m0/s1. The number of aliphatic carboxylic acids is 2. The number of carbonyl (C=O) groups is 9. The summed E-state index contributed by atoms with van der Waals surface area (Å²) in [6.45, 7) is 15.9. The van der Waals surface area contributed by atoms with Crippen LogP contribution in [-0.4, -0.2) is 305 Å². The van der Waals surface area contributed by atoms with Crippen LogP contribution >= 0.6 is 0 Å². The number of nitrogens with one attached hydrogen (secondary N) is 5. The number of hydrogen-bond acceptors (Lipinski definition) is 29. The molecule has 0 aromatic rings. The lowest BCUT2D eigenvalue weighted by Crippen LogP contribution is -2.61. The number of nitrogens with zero attached hydrogens (tertiary/aromatic N) is 3. The van der Waals surface area contributed by atoms with Crippen LogP contribution in [0.5, 0.6) is 0 Å². The highest BCUT2D eigenvalue weighted by Gasteiger charge is 2.46. The van der Waals surface area contributed by atoms with Crippen LogP contribution < -0.4 is 26.6 Å². The maximum atomic E-state index is 13.5. The molecule has 0 unspecified atom stereocenters. The van der Waals surface area contributed by atoms with Gasteiger partial charge in [0.15, 0.2) is 6.10 Å². The second-order valence-corrected chi connectivity index (χ2v) is 25.0. The first-order chi connectivity index (χ1) is 47.0. The van der Waals surface area contributed by atoms with E-state index < -0.39 is 169 Å². The minimum Gasteiger partial charge on any atom is -0.480 e. The molecule has 37 nitrogen and oxygen atoms in total. The van der Waals surface area contributed by atoms with E-state index in [2.05, 4.69) is 42.5 Å². The molecule has 2 aliphatic heterocycles.